The first-order chi connectivity index (χ1) is 9.82. The van der Waals surface area contributed by atoms with Crippen LogP contribution < -0.4 is 11.1 Å². The van der Waals surface area contributed by atoms with Crippen LogP contribution in [0.5, 0.6) is 0 Å². The molecule has 1 aliphatic heterocycles. The Morgan fingerprint density at radius 3 is 2.62 bits per heavy atom. The third-order valence-electron chi connectivity index (χ3n) is 3.64. The van der Waals surface area contributed by atoms with Crippen LogP contribution in [0.25, 0.3) is 0 Å². The Labute approximate surface area is 124 Å². The summed E-state index contributed by atoms with van der Waals surface area (Å²) in [6.07, 6.45) is 3.86. The predicted molar refractivity (Wildman–Crippen MR) is 79.2 cm³/mol. The summed E-state index contributed by atoms with van der Waals surface area (Å²) < 4.78 is 25.9. The average molecular weight is 315 g/mol. The van der Waals surface area contributed by atoms with Crippen molar-refractivity contribution < 1.29 is 13.2 Å². The van der Waals surface area contributed by atoms with Crippen molar-refractivity contribution in [3.63, 3.8) is 0 Å². The number of carbonyl (C=O) groups is 1. The third kappa shape index (κ3) is 3.53. The minimum absolute atomic E-state index is 0.0462. The summed E-state index contributed by atoms with van der Waals surface area (Å²) in [5, 5.41) is 6.94. The second kappa shape index (κ2) is 6.02. The van der Waals surface area contributed by atoms with Gasteiger partial charge < -0.3 is 11.1 Å². The van der Waals surface area contributed by atoms with Gasteiger partial charge in [-0.15, -0.1) is 0 Å². The smallest absolute Gasteiger partial charge is 0.271 e. The van der Waals surface area contributed by atoms with E-state index < -0.39 is 10.0 Å². The molecule has 118 valence electrons. The first-order valence-electron chi connectivity index (χ1n) is 6.90. The van der Waals surface area contributed by atoms with Gasteiger partial charge in [0.2, 0.25) is 10.0 Å². The van der Waals surface area contributed by atoms with Crippen molar-refractivity contribution in [1.29, 1.82) is 0 Å². The highest BCUT2D eigenvalue weighted by Crippen LogP contribution is 2.15. The molecule has 0 aromatic carbocycles. The number of nitrogens with one attached hydrogen (secondary N) is 1. The lowest BCUT2D eigenvalue weighted by Gasteiger charge is -2.30. The van der Waals surface area contributed by atoms with Crippen molar-refractivity contribution in [3.8, 4) is 0 Å². The fraction of sp³-hybridized carbons (Fsp3) is 0.667. The Hall–Kier alpha value is -1.61. The molecule has 1 aromatic rings. The maximum atomic E-state index is 12.3. The Morgan fingerprint density at radius 1 is 1.48 bits per heavy atom. The number of amides is 1. The van der Waals surface area contributed by atoms with Crippen molar-refractivity contribution >= 4 is 21.6 Å². The highest BCUT2D eigenvalue weighted by atomic mass is 32.2. The summed E-state index contributed by atoms with van der Waals surface area (Å²) in [5.41, 5.74) is 6.48. The van der Waals surface area contributed by atoms with Gasteiger partial charge in [0.15, 0.2) is 0 Å². The van der Waals surface area contributed by atoms with Gasteiger partial charge in [0.25, 0.3) is 5.91 Å². The normalized spacial score (nSPS) is 17.8. The van der Waals surface area contributed by atoms with Crippen molar-refractivity contribution in [3.05, 3.63) is 11.9 Å². The lowest BCUT2D eigenvalue weighted by atomic mass is 10.1. The molecular formula is C12H21N5O3S. The molecular weight excluding hydrogens is 294 g/mol. The van der Waals surface area contributed by atoms with E-state index in [0.29, 0.717) is 43.9 Å². The molecule has 1 aromatic heterocycles. The van der Waals surface area contributed by atoms with Crippen molar-refractivity contribution in [2.45, 2.75) is 32.4 Å². The molecule has 2 rings (SSSR count). The minimum atomic E-state index is -3.15. The zero-order valence-corrected chi connectivity index (χ0v) is 13.1. The summed E-state index contributed by atoms with van der Waals surface area (Å²) in [4.78, 5) is 12.3. The summed E-state index contributed by atoms with van der Waals surface area (Å²) in [6, 6.07) is -0.0462. The minimum Gasteiger partial charge on any atom is -0.396 e. The van der Waals surface area contributed by atoms with Crippen LogP contribution in [0.3, 0.4) is 0 Å². The molecule has 21 heavy (non-hydrogen) atoms. The number of aryl methyl sites for hydroxylation is 1. The number of piperidine rings is 1. The van der Waals surface area contributed by atoms with Crippen LogP contribution in [0.4, 0.5) is 5.69 Å². The Kier molecular flexibility index (Phi) is 4.52. The van der Waals surface area contributed by atoms with Crippen molar-refractivity contribution in [2.75, 3.05) is 25.1 Å². The van der Waals surface area contributed by atoms with E-state index in [1.54, 1.807) is 4.68 Å². The number of carbonyl (C=O) groups excluding carboxylic acids is 1. The summed E-state index contributed by atoms with van der Waals surface area (Å²) >= 11 is 0. The van der Waals surface area contributed by atoms with Crippen molar-refractivity contribution in [1.82, 2.24) is 19.4 Å². The fourth-order valence-corrected chi connectivity index (χ4v) is 3.35. The molecule has 0 saturated carbocycles. The molecule has 0 atom stereocenters. The largest absolute Gasteiger partial charge is 0.396 e. The molecule has 2 heterocycles. The molecule has 8 nitrogen and oxygen atoms in total. The Morgan fingerprint density at radius 2 is 2.10 bits per heavy atom. The quantitative estimate of drug-likeness (QED) is 0.788. The molecule has 3 N–H and O–H groups in total. The van der Waals surface area contributed by atoms with Gasteiger partial charge in [-0.2, -0.15) is 5.10 Å². The van der Waals surface area contributed by atoms with Crippen LogP contribution in [-0.4, -0.2) is 53.8 Å². The maximum Gasteiger partial charge on any atom is 0.271 e. The summed E-state index contributed by atoms with van der Waals surface area (Å²) in [7, 11) is -3.15. The van der Waals surface area contributed by atoms with Gasteiger partial charge in [0.05, 0.1) is 18.1 Å². The van der Waals surface area contributed by atoms with Gasteiger partial charge in [-0.1, -0.05) is 0 Å². The van der Waals surface area contributed by atoms with Gasteiger partial charge in [0, 0.05) is 25.7 Å². The predicted octanol–water partition coefficient (Wildman–Crippen LogP) is -0.361. The van der Waals surface area contributed by atoms with Crippen molar-refractivity contribution in [2.24, 2.45) is 0 Å². The Balaban J connectivity index is 1.97. The number of nitrogens with two attached hydrogens (primary N) is 1. The van der Waals surface area contributed by atoms with E-state index in [4.69, 9.17) is 5.73 Å². The van der Waals surface area contributed by atoms with Crippen LogP contribution in [0, 0.1) is 0 Å². The van der Waals surface area contributed by atoms with E-state index in [1.807, 2.05) is 6.92 Å². The number of hydrogen-bond donors (Lipinski definition) is 2. The number of aromatic nitrogens is 2. The molecule has 0 unspecified atom stereocenters. The lowest BCUT2D eigenvalue weighted by Crippen LogP contribution is -2.46. The zero-order chi connectivity index (χ0) is 15.6. The van der Waals surface area contributed by atoms with Crippen LogP contribution in [0.15, 0.2) is 6.20 Å². The Bertz CT molecular complexity index is 617. The number of nitrogen functional groups attached to an aromatic ring is 1. The van der Waals surface area contributed by atoms with E-state index in [-0.39, 0.29) is 11.9 Å². The van der Waals surface area contributed by atoms with Gasteiger partial charge >= 0.3 is 0 Å². The van der Waals surface area contributed by atoms with Crippen LogP contribution >= 0.6 is 0 Å². The summed E-state index contributed by atoms with van der Waals surface area (Å²) in [6.45, 7) is 3.29. The first-order valence-corrected chi connectivity index (χ1v) is 8.75. The molecule has 0 radical (unpaired) electrons. The average Bonchev–Trinajstić information content (AvgIpc) is 2.79. The molecule has 0 aliphatic carbocycles. The van der Waals surface area contributed by atoms with Gasteiger partial charge in [0.1, 0.15) is 5.69 Å². The SMILES string of the molecule is CCn1ncc(N)c1C(=O)NC1CCN(S(C)(=O)=O)CC1. The van der Waals surface area contributed by atoms with Gasteiger partial charge in [-0.05, 0) is 19.8 Å². The summed E-state index contributed by atoms with van der Waals surface area (Å²) in [5.74, 6) is -0.260. The topological polar surface area (TPSA) is 110 Å². The van der Waals surface area contributed by atoms with E-state index >= 15 is 0 Å². The molecule has 9 heteroatoms. The molecule has 1 amide bonds. The second-order valence-corrected chi connectivity index (χ2v) is 7.16. The highest BCUT2D eigenvalue weighted by Gasteiger charge is 2.27. The standard InChI is InChI=1S/C12H21N5O3S/c1-3-17-11(10(13)8-14-17)12(18)15-9-4-6-16(7-5-9)21(2,19)20/h8-9H,3-7,13H2,1-2H3,(H,15,18). The number of nitrogens with zero attached hydrogens (tertiary/aromatic N) is 3. The number of anilines is 1. The second-order valence-electron chi connectivity index (χ2n) is 5.17. The molecule has 1 saturated heterocycles. The zero-order valence-electron chi connectivity index (χ0n) is 12.2. The van der Waals surface area contributed by atoms with Gasteiger partial charge in [-0.3, -0.25) is 9.48 Å². The molecule has 0 spiro atoms. The van der Waals surface area contributed by atoms with E-state index in [9.17, 15) is 13.2 Å². The van der Waals surface area contributed by atoms with E-state index in [1.165, 1.54) is 16.8 Å². The number of hydrogen-bond acceptors (Lipinski definition) is 5. The van der Waals surface area contributed by atoms with E-state index in [0.717, 1.165) is 0 Å². The van der Waals surface area contributed by atoms with Gasteiger partial charge in [-0.25, -0.2) is 12.7 Å². The third-order valence-corrected chi connectivity index (χ3v) is 4.94. The van der Waals surface area contributed by atoms with E-state index in [2.05, 4.69) is 10.4 Å². The highest BCUT2D eigenvalue weighted by molar-refractivity contribution is 7.88. The lowest BCUT2D eigenvalue weighted by molar-refractivity contribution is 0.0914. The monoisotopic (exact) mass is 315 g/mol. The van der Waals surface area contributed by atoms with Crippen LogP contribution in [0.2, 0.25) is 0 Å². The number of sulfonamides is 1. The molecule has 1 aliphatic rings. The fourth-order valence-electron chi connectivity index (χ4n) is 2.47. The maximum absolute atomic E-state index is 12.3. The van der Waals surface area contributed by atoms with Crippen LogP contribution in [0.1, 0.15) is 30.3 Å². The first kappa shape index (κ1) is 15.8. The van der Waals surface area contributed by atoms with Crippen LogP contribution in [-0.2, 0) is 16.6 Å². The molecule has 1 fully saturated rings. The number of rotatable bonds is 4. The molecule has 0 bridgehead atoms.